The third kappa shape index (κ3) is 2.35. The van der Waals surface area contributed by atoms with Gasteiger partial charge in [-0.05, 0) is 25.2 Å². The molecule has 1 heterocycles. The fourth-order valence-corrected chi connectivity index (χ4v) is 1.43. The normalized spacial score (nSPS) is 27.7. The van der Waals surface area contributed by atoms with Gasteiger partial charge in [-0.1, -0.05) is 13.8 Å². The minimum Gasteiger partial charge on any atom is -0.238 e. The second-order valence-corrected chi connectivity index (χ2v) is 3.33. The van der Waals surface area contributed by atoms with Crippen molar-refractivity contribution < 1.29 is 0 Å². The van der Waals surface area contributed by atoms with Crippen molar-refractivity contribution in [2.45, 2.75) is 39.2 Å². The molecule has 0 unspecified atom stereocenters. The van der Waals surface area contributed by atoms with Crippen LogP contribution in [0.15, 0.2) is 0 Å². The summed E-state index contributed by atoms with van der Waals surface area (Å²) in [5.74, 6) is 0.830. The zero-order valence-electron chi connectivity index (χ0n) is 6.43. The zero-order valence-corrected chi connectivity index (χ0v) is 6.43. The molecule has 0 bridgehead atoms. The van der Waals surface area contributed by atoms with Crippen molar-refractivity contribution in [3.8, 4) is 0 Å². The first-order valence-corrected chi connectivity index (χ1v) is 3.95. The summed E-state index contributed by atoms with van der Waals surface area (Å²) < 4.78 is 0. The van der Waals surface area contributed by atoms with Crippen LogP contribution >= 0.6 is 0 Å². The molecular weight excluding hydrogens is 110 g/mol. The lowest BCUT2D eigenvalue weighted by molar-refractivity contribution is 0.459. The van der Waals surface area contributed by atoms with E-state index in [1.807, 2.05) is 0 Å². The Morgan fingerprint density at radius 3 is 2.78 bits per heavy atom. The molecular formula is C8H16N. The summed E-state index contributed by atoms with van der Waals surface area (Å²) in [6.45, 7) is 5.67. The molecule has 1 rings (SSSR count). The summed E-state index contributed by atoms with van der Waals surface area (Å²) in [5.41, 5.74) is 0. The van der Waals surface area contributed by atoms with E-state index in [0.717, 1.165) is 12.5 Å². The van der Waals surface area contributed by atoms with Crippen molar-refractivity contribution in [1.29, 1.82) is 0 Å². The molecule has 1 nitrogen and oxygen atoms in total. The Bertz CT molecular complexity index is 72.6. The van der Waals surface area contributed by atoms with Gasteiger partial charge in [0.05, 0.1) is 0 Å². The standard InChI is InChI=1S/C8H16N/c1-7(2)6-8-4-3-5-9-8/h7-8H,3-6H2,1-2H3/t8-/m1/s1. The highest BCUT2D eigenvalue weighted by atomic mass is 14.9. The van der Waals surface area contributed by atoms with Gasteiger partial charge in [-0.3, -0.25) is 0 Å². The van der Waals surface area contributed by atoms with Crippen LogP contribution in [0.25, 0.3) is 0 Å². The monoisotopic (exact) mass is 126 g/mol. The Morgan fingerprint density at radius 1 is 1.56 bits per heavy atom. The molecule has 0 aromatic heterocycles. The van der Waals surface area contributed by atoms with Crippen molar-refractivity contribution in [2.75, 3.05) is 6.54 Å². The number of hydrogen-bond acceptors (Lipinski definition) is 0. The molecule has 1 fully saturated rings. The Balaban J connectivity index is 2.11. The van der Waals surface area contributed by atoms with Gasteiger partial charge in [-0.2, -0.15) is 0 Å². The predicted molar refractivity (Wildman–Crippen MR) is 39.5 cm³/mol. The first kappa shape index (κ1) is 7.07. The highest BCUT2D eigenvalue weighted by Gasteiger charge is 2.15. The van der Waals surface area contributed by atoms with E-state index in [9.17, 15) is 0 Å². The van der Waals surface area contributed by atoms with Crippen LogP contribution in [0.4, 0.5) is 0 Å². The van der Waals surface area contributed by atoms with Gasteiger partial charge >= 0.3 is 0 Å². The number of nitrogens with zero attached hydrogens (tertiary/aromatic N) is 1. The minimum absolute atomic E-state index is 0.713. The maximum Gasteiger partial charge on any atom is 0.0248 e. The summed E-state index contributed by atoms with van der Waals surface area (Å²) in [6, 6.07) is 0.713. The average molecular weight is 126 g/mol. The summed E-state index contributed by atoms with van der Waals surface area (Å²) in [6.07, 6.45) is 3.98. The first-order valence-electron chi connectivity index (χ1n) is 3.95. The van der Waals surface area contributed by atoms with Gasteiger partial charge < -0.3 is 0 Å². The van der Waals surface area contributed by atoms with Gasteiger partial charge in [-0.25, -0.2) is 5.32 Å². The minimum atomic E-state index is 0.713. The highest BCUT2D eigenvalue weighted by Crippen LogP contribution is 2.14. The van der Waals surface area contributed by atoms with E-state index >= 15 is 0 Å². The van der Waals surface area contributed by atoms with E-state index in [1.165, 1.54) is 19.3 Å². The van der Waals surface area contributed by atoms with Gasteiger partial charge in [0.25, 0.3) is 0 Å². The molecule has 1 heteroatoms. The van der Waals surface area contributed by atoms with E-state index in [2.05, 4.69) is 19.2 Å². The Kier molecular flexibility index (Phi) is 2.52. The summed E-state index contributed by atoms with van der Waals surface area (Å²) >= 11 is 0. The second kappa shape index (κ2) is 3.21. The Hall–Kier alpha value is -0.0400. The van der Waals surface area contributed by atoms with Gasteiger partial charge in [-0.15, -0.1) is 0 Å². The zero-order chi connectivity index (χ0) is 6.69. The summed E-state index contributed by atoms with van der Waals surface area (Å²) in [4.78, 5) is 0. The van der Waals surface area contributed by atoms with Crippen molar-refractivity contribution >= 4 is 0 Å². The van der Waals surface area contributed by atoms with Crippen molar-refractivity contribution in [3.05, 3.63) is 0 Å². The molecule has 0 spiro atoms. The van der Waals surface area contributed by atoms with Crippen LogP contribution in [0, 0.1) is 5.92 Å². The molecule has 0 aromatic carbocycles. The van der Waals surface area contributed by atoms with E-state index in [1.54, 1.807) is 0 Å². The molecule has 1 saturated heterocycles. The lowest BCUT2D eigenvalue weighted by Gasteiger charge is -2.09. The van der Waals surface area contributed by atoms with Crippen molar-refractivity contribution in [1.82, 2.24) is 5.32 Å². The lowest BCUT2D eigenvalue weighted by atomic mass is 10.0. The summed E-state index contributed by atoms with van der Waals surface area (Å²) in [7, 11) is 0. The number of hydrogen-bond donors (Lipinski definition) is 0. The Labute approximate surface area is 57.8 Å². The molecule has 1 aliphatic rings. The largest absolute Gasteiger partial charge is 0.238 e. The molecule has 0 aromatic rings. The van der Waals surface area contributed by atoms with Crippen LogP contribution in [0.2, 0.25) is 0 Å². The highest BCUT2D eigenvalue weighted by molar-refractivity contribution is 4.74. The molecule has 0 amide bonds. The molecule has 0 aliphatic carbocycles. The maximum absolute atomic E-state index is 4.48. The Morgan fingerprint density at radius 2 is 2.33 bits per heavy atom. The smallest absolute Gasteiger partial charge is 0.0248 e. The average Bonchev–Trinajstić information content (AvgIpc) is 2.15. The fraction of sp³-hybridized carbons (Fsp3) is 1.00. The molecule has 1 atom stereocenters. The molecule has 1 aliphatic heterocycles. The van der Waals surface area contributed by atoms with Gasteiger partial charge in [0, 0.05) is 12.6 Å². The van der Waals surface area contributed by atoms with Gasteiger partial charge in [0.2, 0.25) is 0 Å². The SMILES string of the molecule is CC(C)C[C@H]1CCC[N]1. The topological polar surface area (TPSA) is 14.1 Å². The third-order valence-corrected chi connectivity index (χ3v) is 1.83. The van der Waals surface area contributed by atoms with E-state index in [4.69, 9.17) is 0 Å². The molecule has 0 N–H and O–H groups in total. The maximum atomic E-state index is 4.48. The van der Waals surface area contributed by atoms with Gasteiger partial charge in [0.1, 0.15) is 0 Å². The van der Waals surface area contributed by atoms with Crippen LogP contribution < -0.4 is 5.32 Å². The lowest BCUT2D eigenvalue weighted by Crippen LogP contribution is -2.16. The third-order valence-electron chi connectivity index (χ3n) is 1.83. The molecule has 9 heavy (non-hydrogen) atoms. The van der Waals surface area contributed by atoms with E-state index < -0.39 is 0 Å². The second-order valence-electron chi connectivity index (χ2n) is 3.33. The molecule has 53 valence electrons. The van der Waals surface area contributed by atoms with Crippen LogP contribution in [-0.4, -0.2) is 12.6 Å². The van der Waals surface area contributed by atoms with Crippen LogP contribution in [0.1, 0.15) is 33.1 Å². The van der Waals surface area contributed by atoms with E-state index in [0.29, 0.717) is 6.04 Å². The first-order chi connectivity index (χ1) is 4.29. The fourth-order valence-electron chi connectivity index (χ4n) is 1.43. The quantitative estimate of drug-likeness (QED) is 0.535. The molecule has 0 saturated carbocycles. The van der Waals surface area contributed by atoms with Crippen molar-refractivity contribution in [3.63, 3.8) is 0 Å². The number of rotatable bonds is 2. The van der Waals surface area contributed by atoms with Crippen molar-refractivity contribution in [2.24, 2.45) is 5.92 Å². The van der Waals surface area contributed by atoms with Crippen LogP contribution in [-0.2, 0) is 0 Å². The predicted octanol–water partition coefficient (Wildman–Crippen LogP) is 1.80. The summed E-state index contributed by atoms with van der Waals surface area (Å²) in [5, 5.41) is 4.48. The van der Waals surface area contributed by atoms with E-state index in [-0.39, 0.29) is 0 Å². The molecule has 1 radical (unpaired) electrons. The van der Waals surface area contributed by atoms with Crippen LogP contribution in [0.3, 0.4) is 0 Å². The van der Waals surface area contributed by atoms with Crippen LogP contribution in [0.5, 0.6) is 0 Å². The van der Waals surface area contributed by atoms with Gasteiger partial charge in [0.15, 0.2) is 0 Å².